The van der Waals surface area contributed by atoms with Crippen molar-refractivity contribution < 1.29 is 13.6 Å². The Morgan fingerprint density at radius 1 is 1.33 bits per heavy atom. The lowest BCUT2D eigenvalue weighted by atomic mass is 10.1. The lowest BCUT2D eigenvalue weighted by Gasteiger charge is -2.21. The Kier molecular flexibility index (Phi) is 6.57. The average Bonchev–Trinajstić information content (AvgIpc) is 2.31. The van der Waals surface area contributed by atoms with E-state index in [1.807, 2.05) is 12.1 Å². The number of carbonyl (C=O) groups is 1. The zero-order chi connectivity index (χ0) is 13.5. The van der Waals surface area contributed by atoms with Gasteiger partial charge in [0.15, 0.2) is 0 Å². The second-order valence-corrected chi connectivity index (χ2v) is 5.02. The molecule has 0 aliphatic heterocycles. The van der Waals surface area contributed by atoms with Gasteiger partial charge in [0.1, 0.15) is 0 Å². The number of hydrogen-bond donors (Lipinski definition) is 0. The van der Waals surface area contributed by atoms with Crippen LogP contribution in [0, 0.1) is 0 Å². The molecule has 0 heterocycles. The van der Waals surface area contributed by atoms with Crippen molar-refractivity contribution in [2.75, 3.05) is 19.0 Å². The van der Waals surface area contributed by atoms with Crippen molar-refractivity contribution >= 4 is 33.4 Å². The number of carbonyl (C=O) groups excluding carboxylic acids is 1. The summed E-state index contributed by atoms with van der Waals surface area (Å²) in [5.74, 6) is -0.183. The normalized spacial score (nSPS) is 10.7. The van der Waals surface area contributed by atoms with E-state index in [2.05, 4.69) is 15.9 Å². The first kappa shape index (κ1) is 15.4. The fraction of sp³-hybridized carbons (Fsp3) is 0.417. The molecule has 1 aromatic rings. The maximum absolute atomic E-state index is 12.3. The molecule has 18 heavy (non-hydrogen) atoms. The van der Waals surface area contributed by atoms with E-state index < -0.39 is 13.0 Å². The molecule has 1 amide bonds. The van der Waals surface area contributed by atoms with Gasteiger partial charge in [0, 0.05) is 16.9 Å². The van der Waals surface area contributed by atoms with Gasteiger partial charge in [-0.3, -0.25) is 4.79 Å². The van der Waals surface area contributed by atoms with E-state index in [-0.39, 0.29) is 24.8 Å². The molecule has 0 radical (unpaired) electrons. The number of halogens is 4. The molecule has 0 saturated carbocycles. The lowest BCUT2D eigenvalue weighted by Crippen LogP contribution is -2.37. The van der Waals surface area contributed by atoms with Crippen LogP contribution in [0.4, 0.5) is 8.78 Å². The van der Waals surface area contributed by atoms with E-state index >= 15 is 0 Å². The lowest BCUT2D eigenvalue weighted by molar-refractivity contribution is -0.132. The molecule has 6 heteroatoms. The highest BCUT2D eigenvalue weighted by atomic mass is 79.9. The summed E-state index contributed by atoms with van der Waals surface area (Å²) >= 11 is 8.79. The van der Waals surface area contributed by atoms with E-state index in [1.54, 1.807) is 12.1 Å². The third-order valence-electron chi connectivity index (χ3n) is 2.33. The van der Waals surface area contributed by atoms with E-state index in [4.69, 9.17) is 11.6 Å². The first-order chi connectivity index (χ1) is 8.52. The summed E-state index contributed by atoms with van der Waals surface area (Å²) in [7, 11) is 0. The van der Waals surface area contributed by atoms with Gasteiger partial charge in [0.25, 0.3) is 6.43 Å². The SMILES string of the molecule is O=C(Cc1ccc(Br)cc1)N(CCCl)CC(F)F. The fourth-order valence-electron chi connectivity index (χ4n) is 1.48. The smallest absolute Gasteiger partial charge is 0.255 e. The van der Waals surface area contributed by atoms with Crippen molar-refractivity contribution in [3.8, 4) is 0 Å². The van der Waals surface area contributed by atoms with Crippen molar-refractivity contribution in [2.24, 2.45) is 0 Å². The number of hydrogen-bond acceptors (Lipinski definition) is 1. The zero-order valence-corrected chi connectivity index (χ0v) is 11.9. The summed E-state index contributed by atoms with van der Waals surface area (Å²) in [6.45, 7) is -0.427. The number of alkyl halides is 3. The average molecular weight is 341 g/mol. The van der Waals surface area contributed by atoms with Gasteiger partial charge in [0.2, 0.25) is 5.91 Å². The molecule has 0 unspecified atom stereocenters. The van der Waals surface area contributed by atoms with Crippen LogP contribution in [-0.4, -0.2) is 36.2 Å². The van der Waals surface area contributed by atoms with Gasteiger partial charge in [-0.15, -0.1) is 11.6 Å². The second kappa shape index (κ2) is 7.69. The van der Waals surface area contributed by atoms with Gasteiger partial charge < -0.3 is 4.90 Å². The van der Waals surface area contributed by atoms with E-state index in [1.165, 1.54) is 0 Å². The Morgan fingerprint density at radius 3 is 2.44 bits per heavy atom. The molecule has 100 valence electrons. The van der Waals surface area contributed by atoms with Crippen molar-refractivity contribution in [1.29, 1.82) is 0 Å². The van der Waals surface area contributed by atoms with Crippen LogP contribution >= 0.6 is 27.5 Å². The Balaban J connectivity index is 2.63. The largest absolute Gasteiger partial charge is 0.335 e. The Labute approximate surface area is 118 Å². The van der Waals surface area contributed by atoms with Gasteiger partial charge in [-0.2, -0.15) is 0 Å². The highest BCUT2D eigenvalue weighted by Gasteiger charge is 2.17. The molecule has 0 bridgehead atoms. The minimum atomic E-state index is -2.54. The number of nitrogens with zero attached hydrogens (tertiary/aromatic N) is 1. The molecule has 1 aromatic carbocycles. The van der Waals surface area contributed by atoms with Gasteiger partial charge >= 0.3 is 0 Å². The van der Waals surface area contributed by atoms with Gasteiger partial charge in [0.05, 0.1) is 13.0 Å². The van der Waals surface area contributed by atoms with Crippen LogP contribution in [-0.2, 0) is 11.2 Å². The molecule has 0 saturated heterocycles. The highest BCUT2D eigenvalue weighted by Crippen LogP contribution is 2.12. The minimum absolute atomic E-state index is 0.108. The molecule has 0 atom stereocenters. The first-order valence-corrected chi connectivity index (χ1v) is 6.72. The van der Waals surface area contributed by atoms with Crippen LogP contribution in [0.5, 0.6) is 0 Å². The molecular formula is C12H13BrClF2NO. The van der Waals surface area contributed by atoms with E-state index in [0.29, 0.717) is 0 Å². The van der Waals surface area contributed by atoms with E-state index in [0.717, 1.165) is 14.9 Å². The second-order valence-electron chi connectivity index (χ2n) is 3.72. The van der Waals surface area contributed by atoms with Crippen LogP contribution in [0.15, 0.2) is 28.7 Å². The summed E-state index contributed by atoms with van der Waals surface area (Å²) in [6, 6.07) is 7.18. The van der Waals surface area contributed by atoms with Crippen molar-refractivity contribution in [1.82, 2.24) is 4.90 Å². The quantitative estimate of drug-likeness (QED) is 0.728. The third kappa shape index (κ3) is 5.31. The molecule has 2 nitrogen and oxygen atoms in total. The standard InChI is InChI=1S/C12H13BrClF2NO/c13-10-3-1-9(2-4-10)7-12(18)17(6-5-14)8-11(15)16/h1-4,11H,5-8H2. The first-order valence-electron chi connectivity index (χ1n) is 5.39. The van der Waals surface area contributed by atoms with Gasteiger partial charge in [-0.1, -0.05) is 28.1 Å². The number of amides is 1. The fourth-order valence-corrected chi connectivity index (χ4v) is 1.94. The summed E-state index contributed by atoms with van der Waals surface area (Å²) in [5, 5.41) is 0. The molecule has 0 aliphatic rings. The molecule has 0 N–H and O–H groups in total. The van der Waals surface area contributed by atoms with Crippen LogP contribution in [0.3, 0.4) is 0 Å². The molecule has 0 aromatic heterocycles. The molecular weight excluding hydrogens is 327 g/mol. The van der Waals surface area contributed by atoms with Crippen LogP contribution in [0.25, 0.3) is 0 Å². The van der Waals surface area contributed by atoms with Crippen molar-refractivity contribution in [2.45, 2.75) is 12.8 Å². The van der Waals surface area contributed by atoms with Crippen LogP contribution in [0.2, 0.25) is 0 Å². The van der Waals surface area contributed by atoms with Crippen molar-refractivity contribution in [3.05, 3.63) is 34.3 Å². The van der Waals surface area contributed by atoms with Gasteiger partial charge in [-0.25, -0.2) is 8.78 Å². The Bertz CT molecular complexity index is 386. The van der Waals surface area contributed by atoms with Crippen LogP contribution in [0.1, 0.15) is 5.56 Å². The molecule has 0 spiro atoms. The van der Waals surface area contributed by atoms with E-state index in [9.17, 15) is 13.6 Å². The molecule has 1 rings (SSSR count). The minimum Gasteiger partial charge on any atom is -0.335 e. The summed E-state index contributed by atoms with van der Waals surface area (Å²) in [6.07, 6.45) is -2.43. The third-order valence-corrected chi connectivity index (χ3v) is 3.03. The predicted molar refractivity (Wildman–Crippen MR) is 71.2 cm³/mol. The highest BCUT2D eigenvalue weighted by molar-refractivity contribution is 9.10. The topological polar surface area (TPSA) is 20.3 Å². The van der Waals surface area contributed by atoms with Crippen LogP contribution < -0.4 is 0 Å². The predicted octanol–water partition coefficient (Wildman–Crippen LogP) is 3.32. The van der Waals surface area contributed by atoms with Crippen molar-refractivity contribution in [3.63, 3.8) is 0 Å². The summed E-state index contributed by atoms with van der Waals surface area (Å²) in [5.41, 5.74) is 0.789. The Hall–Kier alpha value is -0.680. The zero-order valence-electron chi connectivity index (χ0n) is 9.58. The molecule has 0 fully saturated rings. The summed E-state index contributed by atoms with van der Waals surface area (Å²) in [4.78, 5) is 12.9. The maximum atomic E-state index is 12.3. The number of benzene rings is 1. The summed E-state index contributed by atoms with van der Waals surface area (Å²) < 4.78 is 25.5. The molecule has 0 aliphatic carbocycles. The Morgan fingerprint density at radius 2 is 1.94 bits per heavy atom. The maximum Gasteiger partial charge on any atom is 0.255 e. The van der Waals surface area contributed by atoms with Gasteiger partial charge in [-0.05, 0) is 17.7 Å². The number of rotatable bonds is 6. The monoisotopic (exact) mass is 339 g/mol.